The standard InChI is InChI=1S/C35H47N5O9.HI/c1-33(2,3)48-29(43)19-25(31(44)40-26(32(45)49-34(4,5)6)18-22-10-8-7-9-11-22)39-28(42)21-38-27(41)20-35(46-16-17-47-35)24-14-12-23(13-15-24)30(36)37;/h7-15,25-26H,16-21H2,1-6H3,(H3,36,37)(H,38,41)(H,39,42)(H,40,44);1H/t25-,26-;/m0./s1. The molecule has 0 saturated carbocycles. The Morgan fingerprint density at radius 1 is 0.840 bits per heavy atom. The predicted octanol–water partition coefficient (Wildman–Crippen LogP) is 2.58. The summed E-state index contributed by atoms with van der Waals surface area (Å²) in [6.45, 7) is 10.00. The lowest BCUT2D eigenvalue weighted by Gasteiger charge is -2.28. The summed E-state index contributed by atoms with van der Waals surface area (Å²) >= 11 is 0. The molecular weight excluding hydrogens is 761 g/mol. The lowest BCUT2D eigenvalue weighted by molar-refractivity contribution is -0.177. The summed E-state index contributed by atoms with van der Waals surface area (Å²) in [6, 6.07) is 12.9. The number of nitrogen functional groups attached to an aromatic ring is 1. The second kappa shape index (κ2) is 18.2. The van der Waals surface area contributed by atoms with E-state index in [-0.39, 0.29) is 55.9 Å². The van der Waals surface area contributed by atoms with Crippen molar-refractivity contribution in [2.75, 3.05) is 19.8 Å². The highest BCUT2D eigenvalue weighted by Gasteiger charge is 2.41. The third-order valence-electron chi connectivity index (χ3n) is 6.96. The van der Waals surface area contributed by atoms with Gasteiger partial charge in [0.05, 0.1) is 32.6 Å². The number of rotatable bonds is 14. The normalized spacial score (nSPS) is 15.0. The molecule has 0 bridgehead atoms. The zero-order valence-electron chi connectivity index (χ0n) is 29.3. The smallest absolute Gasteiger partial charge is 0.329 e. The van der Waals surface area contributed by atoms with E-state index in [1.165, 1.54) is 0 Å². The van der Waals surface area contributed by atoms with Crippen molar-refractivity contribution in [1.29, 1.82) is 5.41 Å². The molecule has 2 aromatic carbocycles. The molecule has 1 aliphatic heterocycles. The first-order valence-electron chi connectivity index (χ1n) is 15.9. The molecule has 14 nitrogen and oxygen atoms in total. The number of benzene rings is 2. The largest absolute Gasteiger partial charge is 0.460 e. The fourth-order valence-electron chi connectivity index (χ4n) is 4.87. The van der Waals surface area contributed by atoms with Crippen LogP contribution in [0.5, 0.6) is 0 Å². The fraction of sp³-hybridized carbons (Fsp3) is 0.486. The molecule has 0 aromatic heterocycles. The van der Waals surface area contributed by atoms with Gasteiger partial charge in [0, 0.05) is 17.5 Å². The summed E-state index contributed by atoms with van der Waals surface area (Å²) in [6.07, 6.45) is -0.747. The minimum Gasteiger partial charge on any atom is -0.460 e. The van der Waals surface area contributed by atoms with Crippen LogP contribution in [-0.4, -0.2) is 78.5 Å². The number of hydrogen-bond donors (Lipinski definition) is 5. The van der Waals surface area contributed by atoms with Crippen LogP contribution in [-0.2, 0) is 55.1 Å². The van der Waals surface area contributed by atoms with E-state index in [1.807, 2.05) is 6.07 Å². The number of amidine groups is 1. The molecule has 0 unspecified atom stereocenters. The van der Waals surface area contributed by atoms with Gasteiger partial charge in [-0.15, -0.1) is 24.0 Å². The van der Waals surface area contributed by atoms with Gasteiger partial charge in [-0.2, -0.15) is 0 Å². The number of amides is 3. The van der Waals surface area contributed by atoms with E-state index in [1.54, 1.807) is 90.1 Å². The van der Waals surface area contributed by atoms with Crippen LogP contribution in [0.4, 0.5) is 0 Å². The highest BCUT2D eigenvalue weighted by Crippen LogP contribution is 2.35. The van der Waals surface area contributed by atoms with Gasteiger partial charge in [0.1, 0.15) is 29.1 Å². The predicted molar refractivity (Wildman–Crippen MR) is 194 cm³/mol. The molecule has 0 spiro atoms. The van der Waals surface area contributed by atoms with E-state index >= 15 is 0 Å². The number of hydrogen-bond acceptors (Lipinski definition) is 10. The van der Waals surface area contributed by atoms with Gasteiger partial charge in [-0.05, 0) is 47.1 Å². The molecule has 15 heteroatoms. The molecular formula is C35H48IN5O9. The summed E-state index contributed by atoms with van der Waals surface area (Å²) in [5.74, 6) is -5.17. The average molecular weight is 810 g/mol. The average Bonchev–Trinajstić information content (AvgIpc) is 3.47. The number of esters is 2. The van der Waals surface area contributed by atoms with Crippen LogP contribution in [0, 0.1) is 5.41 Å². The van der Waals surface area contributed by atoms with E-state index in [4.69, 9.17) is 30.1 Å². The van der Waals surface area contributed by atoms with Crippen LogP contribution in [0.3, 0.4) is 0 Å². The van der Waals surface area contributed by atoms with Gasteiger partial charge < -0.3 is 40.6 Å². The third-order valence-corrected chi connectivity index (χ3v) is 6.96. The lowest BCUT2D eigenvalue weighted by atomic mass is 10.00. The van der Waals surface area contributed by atoms with E-state index < -0.39 is 71.7 Å². The fourth-order valence-corrected chi connectivity index (χ4v) is 4.87. The highest BCUT2D eigenvalue weighted by atomic mass is 127. The van der Waals surface area contributed by atoms with Crippen molar-refractivity contribution < 1.29 is 42.9 Å². The lowest BCUT2D eigenvalue weighted by Crippen LogP contribution is -2.55. The monoisotopic (exact) mass is 809 g/mol. The number of ether oxygens (including phenoxy) is 4. The van der Waals surface area contributed by atoms with E-state index in [9.17, 15) is 24.0 Å². The van der Waals surface area contributed by atoms with Gasteiger partial charge in [-0.1, -0.05) is 54.6 Å². The van der Waals surface area contributed by atoms with Crippen LogP contribution in [0.2, 0.25) is 0 Å². The number of carbonyl (C=O) groups excluding carboxylic acids is 5. The summed E-state index contributed by atoms with van der Waals surface area (Å²) in [5.41, 5.74) is 5.59. The number of nitrogens with two attached hydrogens (primary N) is 1. The molecule has 6 N–H and O–H groups in total. The van der Waals surface area contributed by atoms with Crippen molar-refractivity contribution in [1.82, 2.24) is 16.0 Å². The molecule has 0 aliphatic carbocycles. The Labute approximate surface area is 309 Å². The first kappa shape index (κ1) is 42.1. The quantitative estimate of drug-likeness (QED) is 0.0816. The van der Waals surface area contributed by atoms with Crippen molar-refractivity contribution >= 4 is 59.5 Å². The first-order chi connectivity index (χ1) is 22.9. The molecule has 1 saturated heterocycles. The third kappa shape index (κ3) is 13.7. The summed E-state index contributed by atoms with van der Waals surface area (Å²) < 4.78 is 22.5. The zero-order valence-corrected chi connectivity index (χ0v) is 31.6. The molecule has 3 amide bonds. The van der Waals surface area contributed by atoms with Crippen molar-refractivity contribution in [2.45, 2.75) is 89.9 Å². The van der Waals surface area contributed by atoms with E-state index in [2.05, 4.69) is 16.0 Å². The minimum atomic E-state index is -1.45. The second-order valence-electron chi connectivity index (χ2n) is 13.6. The molecule has 3 rings (SSSR count). The Balaban J connectivity index is 0.00000867. The molecule has 1 fully saturated rings. The summed E-state index contributed by atoms with van der Waals surface area (Å²) in [5, 5.41) is 15.2. The van der Waals surface area contributed by atoms with Crippen LogP contribution >= 0.6 is 24.0 Å². The van der Waals surface area contributed by atoms with Crippen molar-refractivity contribution in [3.8, 4) is 0 Å². The van der Waals surface area contributed by atoms with Crippen LogP contribution in [0.1, 0.15) is 71.1 Å². The first-order valence-corrected chi connectivity index (χ1v) is 15.9. The zero-order chi connectivity index (χ0) is 36.4. The molecule has 1 heterocycles. The maximum Gasteiger partial charge on any atom is 0.329 e. The van der Waals surface area contributed by atoms with Gasteiger partial charge in [0.2, 0.25) is 23.5 Å². The Bertz CT molecular complexity index is 1500. The van der Waals surface area contributed by atoms with Crippen molar-refractivity contribution in [3.05, 3.63) is 71.3 Å². The van der Waals surface area contributed by atoms with Gasteiger partial charge in [-0.3, -0.25) is 24.6 Å². The number of nitrogens with one attached hydrogen (secondary N) is 4. The van der Waals surface area contributed by atoms with Gasteiger partial charge in [0.15, 0.2) is 0 Å². The second-order valence-corrected chi connectivity index (χ2v) is 13.6. The van der Waals surface area contributed by atoms with Gasteiger partial charge in [0.25, 0.3) is 0 Å². The van der Waals surface area contributed by atoms with Crippen LogP contribution < -0.4 is 21.7 Å². The van der Waals surface area contributed by atoms with Crippen molar-refractivity contribution in [3.63, 3.8) is 0 Å². The van der Waals surface area contributed by atoms with Crippen LogP contribution in [0.25, 0.3) is 0 Å². The Morgan fingerprint density at radius 3 is 1.96 bits per heavy atom. The maximum atomic E-state index is 13.6. The summed E-state index contributed by atoms with van der Waals surface area (Å²) in [7, 11) is 0. The van der Waals surface area contributed by atoms with E-state index in [0.717, 1.165) is 5.56 Å². The Morgan fingerprint density at radius 2 is 1.42 bits per heavy atom. The minimum absolute atomic E-state index is 0. The molecule has 274 valence electrons. The molecule has 2 atom stereocenters. The van der Waals surface area contributed by atoms with Crippen molar-refractivity contribution in [2.24, 2.45) is 5.73 Å². The molecule has 2 aromatic rings. The Hall–Kier alpha value is -4.09. The van der Waals surface area contributed by atoms with E-state index in [0.29, 0.717) is 11.1 Å². The Kier molecular flexibility index (Phi) is 15.3. The number of carbonyl (C=O) groups is 5. The maximum absolute atomic E-state index is 13.6. The number of halogens is 1. The van der Waals surface area contributed by atoms with Gasteiger partial charge >= 0.3 is 11.9 Å². The summed E-state index contributed by atoms with van der Waals surface area (Å²) in [4.78, 5) is 65.6. The van der Waals surface area contributed by atoms with Gasteiger partial charge in [-0.25, -0.2) is 4.79 Å². The van der Waals surface area contributed by atoms with Crippen LogP contribution in [0.15, 0.2) is 54.6 Å². The topological polar surface area (TPSA) is 208 Å². The highest BCUT2D eigenvalue weighted by molar-refractivity contribution is 14.0. The molecule has 50 heavy (non-hydrogen) atoms. The molecule has 1 aliphatic rings. The SMILES string of the molecule is CC(C)(C)OC(=O)C[C@H](NC(=O)CNC(=O)CC1(c2ccc(C(=N)N)cc2)OCCO1)C(=O)N[C@@H](Cc1ccccc1)C(=O)OC(C)(C)C.I. The molecule has 0 radical (unpaired) electrons.